The van der Waals surface area contributed by atoms with Crippen LogP contribution in [0.5, 0.6) is 0 Å². The number of carbonyl (C=O) groups is 2. The summed E-state index contributed by atoms with van der Waals surface area (Å²) in [7, 11) is 1.53. The van der Waals surface area contributed by atoms with Gasteiger partial charge >= 0.3 is 5.97 Å². The van der Waals surface area contributed by atoms with Crippen molar-refractivity contribution in [3.8, 4) is 0 Å². The molecule has 0 saturated heterocycles. The van der Waals surface area contributed by atoms with Crippen LogP contribution in [0.3, 0.4) is 0 Å². The molecule has 0 radical (unpaired) electrons. The van der Waals surface area contributed by atoms with Crippen LogP contribution in [0.1, 0.15) is 31.4 Å². The second kappa shape index (κ2) is 10.3. The van der Waals surface area contributed by atoms with E-state index in [2.05, 4.69) is 25.6 Å². The van der Waals surface area contributed by atoms with Crippen molar-refractivity contribution in [3.05, 3.63) is 57.3 Å². The second-order valence-electron chi connectivity index (χ2n) is 6.34. The minimum Gasteiger partial charge on any atom is -0.459 e. The molecule has 0 fully saturated rings. The number of benzene rings is 1. The fourth-order valence-corrected chi connectivity index (χ4v) is 3.48. The molecule has 0 aliphatic heterocycles. The lowest BCUT2D eigenvalue weighted by Crippen LogP contribution is -2.15. The fraction of sp³-hybridized carbons (Fsp3) is 0.250. The third-order valence-electron chi connectivity index (χ3n) is 4.05. The minimum absolute atomic E-state index is 0.164. The van der Waals surface area contributed by atoms with Crippen molar-refractivity contribution in [2.45, 2.75) is 13.8 Å². The number of halogens is 1. The molecule has 0 aliphatic carbocycles. The predicted molar refractivity (Wildman–Crippen MR) is 118 cm³/mol. The molecule has 9 nitrogen and oxygen atoms in total. The normalized spacial score (nSPS) is 10.6. The van der Waals surface area contributed by atoms with Crippen LogP contribution in [0.25, 0.3) is 0 Å². The van der Waals surface area contributed by atoms with Crippen molar-refractivity contribution < 1.29 is 19.1 Å². The number of nitrogens with zero attached hydrogens (tertiary/aromatic N) is 3. The topological polar surface area (TPSA) is 115 Å². The lowest BCUT2D eigenvalue weighted by Gasteiger charge is -2.08. The Morgan fingerprint density at radius 3 is 2.52 bits per heavy atom. The highest BCUT2D eigenvalue weighted by molar-refractivity contribution is 7.17. The molecule has 0 unspecified atom stereocenters. The molecule has 2 heterocycles. The number of thiazole rings is 1. The van der Waals surface area contributed by atoms with Gasteiger partial charge in [0.15, 0.2) is 5.13 Å². The summed E-state index contributed by atoms with van der Waals surface area (Å²) in [5.74, 6) is -0.544. The molecule has 0 spiro atoms. The second-order valence-corrected chi connectivity index (χ2v) is 7.78. The maximum atomic E-state index is 12.5. The highest BCUT2D eigenvalue weighted by Crippen LogP contribution is 2.25. The number of ether oxygens (including phenoxy) is 2. The van der Waals surface area contributed by atoms with Gasteiger partial charge < -0.3 is 20.1 Å². The third-order valence-corrected chi connectivity index (χ3v) is 5.35. The molecule has 0 atom stereocenters. The number of amides is 1. The summed E-state index contributed by atoms with van der Waals surface area (Å²) in [6, 6.07) is 6.78. The van der Waals surface area contributed by atoms with Crippen molar-refractivity contribution >= 4 is 51.6 Å². The van der Waals surface area contributed by atoms with Gasteiger partial charge in [-0.15, -0.1) is 0 Å². The molecular weight excluding hydrogens is 442 g/mol. The first-order valence-corrected chi connectivity index (χ1v) is 10.4. The first-order valence-electron chi connectivity index (χ1n) is 9.18. The smallest absolute Gasteiger partial charge is 0.350 e. The molecule has 1 amide bonds. The van der Waals surface area contributed by atoms with Crippen molar-refractivity contribution in [2.75, 3.05) is 31.0 Å². The van der Waals surface area contributed by atoms with Gasteiger partial charge in [0.2, 0.25) is 5.95 Å². The molecule has 0 saturated carbocycles. The Morgan fingerprint density at radius 2 is 1.84 bits per heavy atom. The maximum Gasteiger partial charge on any atom is 0.350 e. The van der Waals surface area contributed by atoms with Crippen LogP contribution in [0, 0.1) is 13.8 Å². The number of carbonyl (C=O) groups excluding carboxylic acids is 2. The zero-order valence-electron chi connectivity index (χ0n) is 17.1. The molecule has 162 valence electrons. The molecule has 2 aromatic heterocycles. The minimum atomic E-state index is -0.466. The van der Waals surface area contributed by atoms with Gasteiger partial charge in [0, 0.05) is 24.0 Å². The van der Waals surface area contributed by atoms with E-state index in [0.717, 1.165) is 11.3 Å². The monoisotopic (exact) mass is 461 g/mol. The van der Waals surface area contributed by atoms with E-state index in [9.17, 15) is 9.59 Å². The number of nitrogens with one attached hydrogen (secondary N) is 2. The summed E-state index contributed by atoms with van der Waals surface area (Å²) < 4.78 is 9.99. The van der Waals surface area contributed by atoms with E-state index in [1.165, 1.54) is 13.3 Å². The number of esters is 1. The molecule has 3 rings (SSSR count). The summed E-state index contributed by atoms with van der Waals surface area (Å²) in [5, 5.41) is 6.75. The van der Waals surface area contributed by atoms with Gasteiger partial charge in [-0.1, -0.05) is 22.9 Å². The van der Waals surface area contributed by atoms with Crippen LogP contribution in [0.2, 0.25) is 5.02 Å². The van der Waals surface area contributed by atoms with E-state index in [-0.39, 0.29) is 18.5 Å². The summed E-state index contributed by atoms with van der Waals surface area (Å²) in [6.07, 6.45) is 1.43. The average Bonchev–Trinajstić information content (AvgIpc) is 3.10. The summed E-state index contributed by atoms with van der Waals surface area (Å²) >= 11 is 6.99. The number of anilines is 3. The van der Waals surface area contributed by atoms with E-state index in [0.29, 0.717) is 44.3 Å². The number of aryl methyl sites for hydroxylation is 2. The van der Waals surface area contributed by atoms with Gasteiger partial charge in [-0.3, -0.25) is 4.79 Å². The van der Waals surface area contributed by atoms with E-state index in [1.807, 2.05) is 0 Å². The van der Waals surface area contributed by atoms with Crippen LogP contribution in [0.15, 0.2) is 30.5 Å². The Kier molecular flexibility index (Phi) is 7.50. The summed E-state index contributed by atoms with van der Waals surface area (Å²) in [4.78, 5) is 37.8. The third kappa shape index (κ3) is 5.97. The van der Waals surface area contributed by atoms with Crippen molar-refractivity contribution in [2.24, 2.45) is 0 Å². The van der Waals surface area contributed by atoms with Gasteiger partial charge in [0.1, 0.15) is 11.5 Å². The number of rotatable bonds is 8. The molecule has 0 aliphatic rings. The number of aromatic nitrogens is 3. The van der Waals surface area contributed by atoms with Crippen LogP contribution in [-0.4, -0.2) is 47.2 Å². The Hall–Kier alpha value is -3.08. The molecule has 0 bridgehead atoms. The standard InChI is InChI=1S/C20H20ClN5O4S/c1-11-15(17(27)25-14-6-4-13(21)5-7-14)10-22-19(23-11)26-20-24-12(2)16(31-20)18(28)30-9-8-29-3/h4-7,10H,8-9H2,1-3H3,(H,25,27)(H,22,23,24,26). The number of methoxy groups -OCH3 is 1. The lowest BCUT2D eigenvalue weighted by atomic mass is 10.2. The van der Waals surface area contributed by atoms with Gasteiger partial charge in [0.05, 0.1) is 23.6 Å². The molecule has 31 heavy (non-hydrogen) atoms. The largest absolute Gasteiger partial charge is 0.459 e. The number of hydrogen-bond donors (Lipinski definition) is 2. The zero-order chi connectivity index (χ0) is 22.4. The van der Waals surface area contributed by atoms with Crippen LogP contribution in [-0.2, 0) is 9.47 Å². The van der Waals surface area contributed by atoms with Gasteiger partial charge in [-0.2, -0.15) is 0 Å². The lowest BCUT2D eigenvalue weighted by molar-refractivity contribution is 0.0392. The highest BCUT2D eigenvalue weighted by Gasteiger charge is 2.18. The quantitative estimate of drug-likeness (QED) is 0.382. The van der Waals surface area contributed by atoms with E-state index in [4.69, 9.17) is 21.1 Å². The molecule has 2 N–H and O–H groups in total. The van der Waals surface area contributed by atoms with E-state index >= 15 is 0 Å². The Balaban J connectivity index is 1.67. The molecular formula is C20H20ClN5O4S. The summed E-state index contributed by atoms with van der Waals surface area (Å²) in [5.41, 5.74) is 1.96. The van der Waals surface area contributed by atoms with E-state index in [1.54, 1.807) is 38.1 Å². The maximum absolute atomic E-state index is 12.5. The Labute approximate surface area is 187 Å². The Morgan fingerprint density at radius 1 is 1.10 bits per heavy atom. The summed E-state index contributed by atoms with van der Waals surface area (Å²) in [6.45, 7) is 3.90. The number of hydrogen-bond acceptors (Lipinski definition) is 9. The van der Waals surface area contributed by atoms with Crippen molar-refractivity contribution in [1.29, 1.82) is 0 Å². The molecule has 3 aromatic rings. The van der Waals surface area contributed by atoms with Gasteiger partial charge in [-0.05, 0) is 38.1 Å². The van der Waals surface area contributed by atoms with Crippen LogP contribution >= 0.6 is 22.9 Å². The Bertz CT molecular complexity index is 1090. The fourth-order valence-electron chi connectivity index (χ4n) is 2.50. The molecule has 1 aromatic carbocycles. The highest BCUT2D eigenvalue weighted by atomic mass is 35.5. The van der Waals surface area contributed by atoms with Gasteiger partial charge in [0.25, 0.3) is 5.91 Å². The zero-order valence-corrected chi connectivity index (χ0v) is 18.6. The van der Waals surface area contributed by atoms with Crippen LogP contribution in [0.4, 0.5) is 16.8 Å². The van der Waals surface area contributed by atoms with Crippen LogP contribution < -0.4 is 10.6 Å². The first-order chi connectivity index (χ1) is 14.9. The molecule has 11 heteroatoms. The van der Waals surface area contributed by atoms with Gasteiger partial charge in [-0.25, -0.2) is 19.7 Å². The first kappa shape index (κ1) is 22.6. The average molecular weight is 462 g/mol. The predicted octanol–water partition coefficient (Wildman–Crippen LogP) is 4.00. The SMILES string of the molecule is COCCOC(=O)c1sc(Nc2ncc(C(=O)Nc3ccc(Cl)cc3)c(C)n2)nc1C. The van der Waals surface area contributed by atoms with E-state index < -0.39 is 5.97 Å². The van der Waals surface area contributed by atoms with Crippen molar-refractivity contribution in [3.63, 3.8) is 0 Å². The van der Waals surface area contributed by atoms with Crippen molar-refractivity contribution in [1.82, 2.24) is 15.0 Å².